The molecular weight excluding hydrogens is 330 g/mol. The molecule has 1 aromatic carbocycles. The van der Waals surface area contributed by atoms with E-state index in [0.717, 1.165) is 25.9 Å². The summed E-state index contributed by atoms with van der Waals surface area (Å²) in [5.41, 5.74) is 5.83. The highest BCUT2D eigenvalue weighted by Gasteiger charge is 2.27. The molecule has 2 rings (SSSR count). The lowest BCUT2D eigenvalue weighted by molar-refractivity contribution is 0.00923. The number of hydrogen-bond acceptors (Lipinski definition) is 4. The molecule has 2 atom stereocenters. The Kier molecular flexibility index (Phi) is 8.43. The lowest BCUT2D eigenvalue weighted by Gasteiger charge is -2.38. The Morgan fingerprint density at radius 1 is 1.45 bits per heavy atom. The molecule has 4 nitrogen and oxygen atoms in total. The molecule has 22 heavy (non-hydrogen) atoms. The Labute approximate surface area is 142 Å². The van der Waals surface area contributed by atoms with Crippen molar-refractivity contribution in [1.29, 1.82) is 0 Å². The van der Waals surface area contributed by atoms with Gasteiger partial charge in [-0.3, -0.25) is 4.90 Å². The second kappa shape index (κ2) is 9.53. The van der Waals surface area contributed by atoms with Crippen LogP contribution < -0.4 is 10.5 Å². The van der Waals surface area contributed by atoms with Crippen molar-refractivity contribution < 1.29 is 13.9 Å². The molecule has 0 spiro atoms. The largest absolute Gasteiger partial charge is 0.491 e. The van der Waals surface area contributed by atoms with Crippen LogP contribution in [-0.4, -0.2) is 50.4 Å². The summed E-state index contributed by atoms with van der Waals surface area (Å²) in [6.45, 7) is 2.82. The number of likely N-dealkylation sites (tertiary alicyclic amines) is 1. The molecule has 1 aliphatic heterocycles. The summed E-state index contributed by atoms with van der Waals surface area (Å²) >= 11 is 5.93. The van der Waals surface area contributed by atoms with Crippen molar-refractivity contribution in [1.82, 2.24) is 4.90 Å². The Bertz CT molecular complexity index is 465. The van der Waals surface area contributed by atoms with Crippen molar-refractivity contribution >= 4 is 24.0 Å². The van der Waals surface area contributed by atoms with Crippen molar-refractivity contribution in [3.05, 3.63) is 29.0 Å². The van der Waals surface area contributed by atoms with Gasteiger partial charge in [-0.25, -0.2) is 4.39 Å². The van der Waals surface area contributed by atoms with Crippen LogP contribution in [-0.2, 0) is 4.74 Å². The molecule has 0 radical (unpaired) electrons. The summed E-state index contributed by atoms with van der Waals surface area (Å²) in [6, 6.07) is 4.46. The first-order valence-electron chi connectivity index (χ1n) is 7.18. The highest BCUT2D eigenvalue weighted by molar-refractivity contribution is 6.32. The number of benzene rings is 1. The standard InChI is InChI=1S/C15H22ClFN2O2.ClH/c1-20-13-4-5-19(12(9-13)10-18)6-7-21-15-3-2-11(17)8-14(15)16;/h2-3,8,12-13H,4-7,9-10,18H2,1H3;1H. The first-order valence-corrected chi connectivity index (χ1v) is 7.56. The molecular formula is C15H23Cl2FN2O2. The number of rotatable bonds is 6. The van der Waals surface area contributed by atoms with Crippen LogP contribution in [0, 0.1) is 5.82 Å². The van der Waals surface area contributed by atoms with Gasteiger partial charge in [0.15, 0.2) is 0 Å². The van der Waals surface area contributed by atoms with Crippen molar-refractivity contribution in [2.45, 2.75) is 25.0 Å². The molecule has 0 aliphatic carbocycles. The smallest absolute Gasteiger partial charge is 0.138 e. The molecule has 2 unspecified atom stereocenters. The van der Waals surface area contributed by atoms with E-state index >= 15 is 0 Å². The molecule has 0 saturated carbocycles. The van der Waals surface area contributed by atoms with Gasteiger partial charge in [0.1, 0.15) is 18.2 Å². The fourth-order valence-corrected chi connectivity index (χ4v) is 2.90. The van der Waals surface area contributed by atoms with Crippen LogP contribution in [0.2, 0.25) is 5.02 Å². The van der Waals surface area contributed by atoms with Crippen molar-refractivity contribution in [3.8, 4) is 5.75 Å². The summed E-state index contributed by atoms with van der Waals surface area (Å²) in [7, 11) is 1.74. The van der Waals surface area contributed by atoms with Crippen LogP contribution in [0.5, 0.6) is 5.75 Å². The molecule has 0 aromatic heterocycles. The number of nitrogens with two attached hydrogens (primary N) is 1. The normalized spacial score (nSPS) is 22.2. The van der Waals surface area contributed by atoms with Crippen molar-refractivity contribution in [2.75, 3.05) is 33.4 Å². The van der Waals surface area contributed by atoms with E-state index in [9.17, 15) is 4.39 Å². The maximum atomic E-state index is 13.0. The van der Waals surface area contributed by atoms with E-state index < -0.39 is 0 Å². The number of piperidine rings is 1. The predicted molar refractivity (Wildman–Crippen MR) is 88.6 cm³/mol. The van der Waals surface area contributed by atoms with Gasteiger partial charge in [-0.2, -0.15) is 0 Å². The SMILES string of the molecule is COC1CCN(CCOc2ccc(F)cc2Cl)C(CN)C1.Cl. The molecule has 1 aliphatic rings. The predicted octanol–water partition coefficient (Wildman–Crippen LogP) is 2.72. The molecule has 126 valence electrons. The summed E-state index contributed by atoms with van der Waals surface area (Å²) in [4.78, 5) is 2.31. The minimum Gasteiger partial charge on any atom is -0.491 e. The molecule has 2 N–H and O–H groups in total. The van der Waals surface area contributed by atoms with Crippen molar-refractivity contribution in [2.24, 2.45) is 5.73 Å². The van der Waals surface area contributed by atoms with Crippen LogP contribution in [0.3, 0.4) is 0 Å². The van der Waals surface area contributed by atoms with Gasteiger partial charge in [-0.15, -0.1) is 12.4 Å². The number of ether oxygens (including phenoxy) is 2. The zero-order valence-corrected chi connectivity index (χ0v) is 14.2. The third-order valence-electron chi connectivity index (χ3n) is 3.93. The van der Waals surface area contributed by atoms with Gasteiger partial charge in [0, 0.05) is 32.8 Å². The van der Waals surface area contributed by atoms with Gasteiger partial charge in [-0.1, -0.05) is 11.6 Å². The third-order valence-corrected chi connectivity index (χ3v) is 4.22. The topological polar surface area (TPSA) is 47.7 Å². The van der Waals surface area contributed by atoms with E-state index in [4.69, 9.17) is 26.8 Å². The number of hydrogen-bond donors (Lipinski definition) is 1. The van der Waals surface area contributed by atoms with E-state index in [2.05, 4.69) is 4.90 Å². The quantitative estimate of drug-likeness (QED) is 0.854. The Morgan fingerprint density at radius 2 is 2.23 bits per heavy atom. The fraction of sp³-hybridized carbons (Fsp3) is 0.600. The lowest BCUT2D eigenvalue weighted by Crippen LogP contribution is -2.49. The molecule has 0 amide bonds. The van der Waals surface area contributed by atoms with Crippen LogP contribution >= 0.6 is 24.0 Å². The van der Waals surface area contributed by atoms with E-state index in [1.807, 2.05) is 0 Å². The van der Waals surface area contributed by atoms with Crippen LogP contribution in [0.4, 0.5) is 4.39 Å². The monoisotopic (exact) mass is 352 g/mol. The summed E-state index contributed by atoms with van der Waals surface area (Å²) in [6.07, 6.45) is 2.25. The van der Waals surface area contributed by atoms with Gasteiger partial charge >= 0.3 is 0 Å². The van der Waals surface area contributed by atoms with E-state index in [0.29, 0.717) is 36.1 Å². The van der Waals surface area contributed by atoms with E-state index in [-0.39, 0.29) is 18.2 Å². The van der Waals surface area contributed by atoms with Gasteiger partial charge in [0.25, 0.3) is 0 Å². The lowest BCUT2D eigenvalue weighted by atomic mass is 9.99. The first-order chi connectivity index (χ1) is 10.1. The van der Waals surface area contributed by atoms with E-state index in [1.165, 1.54) is 12.1 Å². The highest BCUT2D eigenvalue weighted by atomic mass is 35.5. The van der Waals surface area contributed by atoms with E-state index in [1.54, 1.807) is 13.2 Å². The summed E-state index contributed by atoms with van der Waals surface area (Å²) in [5, 5.41) is 0.295. The zero-order valence-electron chi connectivity index (χ0n) is 12.6. The second-order valence-corrected chi connectivity index (χ2v) is 5.64. The summed E-state index contributed by atoms with van der Waals surface area (Å²) in [5.74, 6) is 0.145. The van der Waals surface area contributed by atoms with Gasteiger partial charge < -0.3 is 15.2 Å². The fourth-order valence-electron chi connectivity index (χ4n) is 2.68. The number of methoxy groups -OCH3 is 1. The van der Waals surface area contributed by atoms with Gasteiger partial charge in [-0.05, 0) is 31.0 Å². The summed E-state index contributed by atoms with van der Waals surface area (Å²) < 4.78 is 24.0. The van der Waals surface area contributed by atoms with Gasteiger partial charge in [0.2, 0.25) is 0 Å². The molecule has 1 aromatic rings. The minimum atomic E-state index is -0.364. The Morgan fingerprint density at radius 3 is 2.86 bits per heavy atom. The third kappa shape index (κ3) is 5.25. The molecule has 1 saturated heterocycles. The van der Waals surface area contributed by atoms with Gasteiger partial charge in [0.05, 0.1) is 11.1 Å². The first kappa shape index (κ1) is 19.5. The molecule has 0 bridgehead atoms. The van der Waals surface area contributed by atoms with Crippen LogP contribution in [0.25, 0.3) is 0 Å². The minimum absolute atomic E-state index is 0. The second-order valence-electron chi connectivity index (χ2n) is 5.23. The maximum absolute atomic E-state index is 13.0. The molecule has 7 heteroatoms. The Balaban J connectivity index is 0.00000242. The zero-order chi connectivity index (χ0) is 15.2. The number of nitrogens with zero attached hydrogens (tertiary/aromatic N) is 1. The molecule has 1 heterocycles. The average Bonchev–Trinajstić information content (AvgIpc) is 2.49. The number of halogens is 3. The molecule has 1 fully saturated rings. The maximum Gasteiger partial charge on any atom is 0.138 e. The Hall–Kier alpha value is -0.590. The van der Waals surface area contributed by atoms with Crippen LogP contribution in [0.1, 0.15) is 12.8 Å². The van der Waals surface area contributed by atoms with Crippen molar-refractivity contribution in [3.63, 3.8) is 0 Å². The van der Waals surface area contributed by atoms with Crippen LogP contribution in [0.15, 0.2) is 18.2 Å². The average molecular weight is 353 g/mol. The highest BCUT2D eigenvalue weighted by Crippen LogP contribution is 2.25.